The van der Waals surface area contributed by atoms with Crippen molar-refractivity contribution in [2.45, 2.75) is 90.5 Å². The summed E-state index contributed by atoms with van der Waals surface area (Å²) in [6.07, 6.45) is 0.687. The normalized spacial score (nSPS) is 10.4. The van der Waals surface area contributed by atoms with Crippen LogP contribution in [0.15, 0.2) is 33.3 Å². The third kappa shape index (κ3) is 15.2. The molecule has 8 heterocycles. The fourth-order valence-corrected chi connectivity index (χ4v) is 33.6. The summed E-state index contributed by atoms with van der Waals surface area (Å²) in [5.74, 6) is 4.33. The van der Waals surface area contributed by atoms with E-state index in [2.05, 4.69) is 64.5 Å². The van der Waals surface area contributed by atoms with Gasteiger partial charge < -0.3 is 34.2 Å². The number of halogens is 1. The molecule has 10 aromatic rings. The van der Waals surface area contributed by atoms with Gasteiger partial charge in [0, 0.05) is 190 Å². The van der Waals surface area contributed by atoms with Crippen molar-refractivity contribution in [3.05, 3.63) is 98.0 Å². The van der Waals surface area contributed by atoms with Gasteiger partial charge in [0.05, 0.1) is 70.6 Å². The largest absolute Gasteiger partial charge is 0.496 e. The number of nitrogens with zero attached hydrogens (tertiary/aromatic N) is 10. The molecule has 0 aliphatic rings. The highest BCUT2D eigenvalue weighted by Gasteiger charge is 2.23. The van der Waals surface area contributed by atoms with Gasteiger partial charge >= 0.3 is 0 Å². The molecule has 0 unspecified atom stereocenters. The molecule has 0 saturated carbocycles. The second kappa shape index (κ2) is 30.2. The SMILES string of the molecule is C.C.COc1cc2c(cc1-c1c(C)noc1C)[nH]c1nc(C)nc(Cc3c(C)nn(C)c3C)c12.COc1cc2c(cc1-c1c(C)noc1C)[nH]c1nc(C)nc(Cl)c12.Cc1nn(C)c(C)c1N.S=S=S=S=S=S=S=S=S=S=S=S=S. The lowest BCUT2D eigenvalue weighted by molar-refractivity contribution is 0.393. The van der Waals surface area contributed by atoms with E-state index in [1.165, 1.54) is 23.3 Å². The van der Waals surface area contributed by atoms with Crippen LogP contribution in [0.3, 0.4) is 0 Å². The van der Waals surface area contributed by atoms with Crippen LogP contribution in [0, 0.1) is 69.2 Å². The highest BCUT2D eigenvalue weighted by atomic mass is 35.5. The number of nitrogen functional groups attached to an aromatic ring is 1. The number of aryl methyl sites for hydroxylation is 10. The number of aromatic amines is 2. The zero-order chi connectivity index (χ0) is 56.5. The number of ether oxygens (including phenoxy) is 2. The van der Waals surface area contributed by atoms with Crippen LogP contribution in [0.25, 0.3) is 66.1 Å². The van der Waals surface area contributed by atoms with E-state index in [1.54, 1.807) is 98.8 Å². The standard InChI is InChI=1S/C24H26N6O2.C17H15ClN4O2.C6H11N3.2CH4.S13/c1-11-16(13(3)30(6)28-11)8-20-23-17-10-21(31-7)18(22-12(2)29-32-14(22)4)9-19(17)27-24(23)26-15(5)25-20;1-7-14(8(2)24-22-7)11-5-12-10(6-13(11)23-4)15-16(18)19-9(3)20-17(15)21-12;1-4-6(7)5(2)9(3)8-4;;;1-3-5-7-9-11-13-12-10-8-6-4-2/h9-10H,8H2,1-7H3,(H,25,26,27);5-6H,1-4H3,(H,19,20,21);7H2,1-3H3;2*1H4;. The Hall–Kier alpha value is -4.41. The van der Waals surface area contributed by atoms with Crippen molar-refractivity contribution in [3.63, 3.8) is 0 Å². The summed E-state index contributed by atoms with van der Waals surface area (Å²) in [4.78, 5) is 25.0. The van der Waals surface area contributed by atoms with Crippen LogP contribution in [0.5, 0.6) is 11.5 Å². The van der Waals surface area contributed by atoms with Crippen LogP contribution in [0.4, 0.5) is 5.69 Å². The third-order valence-electron chi connectivity index (χ3n) is 12.2. The third-order valence-corrected chi connectivity index (χ3v) is 34.7. The molecule has 8 aromatic heterocycles. The predicted octanol–water partition coefficient (Wildman–Crippen LogP) is 10.9. The van der Waals surface area contributed by atoms with E-state index in [9.17, 15) is 0 Å². The minimum atomic E-state index is 0. The van der Waals surface area contributed by atoms with Crippen molar-refractivity contribution >= 4 is 181 Å². The smallest absolute Gasteiger partial charge is 0.143 e. The van der Waals surface area contributed by atoms with Gasteiger partial charge in [0.15, 0.2) is 0 Å². The quantitative estimate of drug-likeness (QED) is 0.132. The second-order valence-corrected chi connectivity index (χ2v) is 36.8. The van der Waals surface area contributed by atoms with Gasteiger partial charge in [-0.25, -0.2) is 19.9 Å². The van der Waals surface area contributed by atoms with E-state index in [-0.39, 0.29) is 14.9 Å². The summed E-state index contributed by atoms with van der Waals surface area (Å²) < 4.78 is 25.8. The first kappa shape index (κ1) is 66.4. The van der Waals surface area contributed by atoms with Gasteiger partial charge in [-0.3, -0.25) is 9.36 Å². The molecule has 0 aliphatic carbocycles. The molecule has 0 saturated heterocycles. The van der Waals surface area contributed by atoms with Crippen LogP contribution in [0.1, 0.15) is 83.4 Å². The number of hydrogen-bond acceptors (Lipinski definition) is 15. The lowest BCUT2D eigenvalue weighted by Gasteiger charge is -2.10. The van der Waals surface area contributed by atoms with E-state index in [0.29, 0.717) is 23.0 Å². The first-order valence-corrected chi connectivity index (χ1v) is 39.3. The van der Waals surface area contributed by atoms with Gasteiger partial charge in [-0.2, -0.15) is 10.2 Å². The van der Waals surface area contributed by atoms with Gasteiger partial charge in [0.1, 0.15) is 51.1 Å². The number of nitrogens with one attached hydrogen (secondary N) is 2. The first-order valence-electron chi connectivity index (χ1n) is 22.9. The minimum Gasteiger partial charge on any atom is -0.496 e. The van der Waals surface area contributed by atoms with Crippen molar-refractivity contribution in [1.82, 2.24) is 59.8 Å². The minimum absolute atomic E-state index is 0. The zero-order valence-electron chi connectivity index (χ0n) is 44.4. The molecule has 0 radical (unpaired) electrons. The van der Waals surface area contributed by atoms with Gasteiger partial charge in [-0.05, 0) is 93.5 Å². The number of benzene rings is 2. The van der Waals surface area contributed by atoms with E-state index < -0.39 is 0 Å². The van der Waals surface area contributed by atoms with Crippen molar-refractivity contribution in [2.75, 3.05) is 20.0 Å². The van der Waals surface area contributed by atoms with E-state index in [0.717, 1.165) is 135 Å². The molecule has 0 atom stereocenters. The summed E-state index contributed by atoms with van der Waals surface area (Å²) in [5.41, 5.74) is 21.5. The van der Waals surface area contributed by atoms with E-state index in [4.69, 9.17) is 63.2 Å². The number of nitrogens with two attached hydrogens (primary N) is 1. The summed E-state index contributed by atoms with van der Waals surface area (Å²) in [5, 5.41) is 21.0. The second-order valence-electron chi connectivity index (χ2n) is 17.0. The molecule has 31 heteroatoms. The summed E-state index contributed by atoms with van der Waals surface area (Å²) in [6, 6.07) is 8.09. The zero-order valence-corrected chi connectivity index (χ0v) is 55.8. The number of anilines is 1. The molecule has 80 heavy (non-hydrogen) atoms. The van der Waals surface area contributed by atoms with Gasteiger partial charge in [-0.1, -0.05) is 36.8 Å². The van der Waals surface area contributed by atoms with Crippen LogP contribution in [0.2, 0.25) is 5.15 Å². The molecule has 0 aliphatic heterocycles. The maximum atomic E-state index is 6.33. The van der Waals surface area contributed by atoms with Crippen molar-refractivity contribution < 1.29 is 18.5 Å². The highest BCUT2D eigenvalue weighted by molar-refractivity contribution is 8.75. The van der Waals surface area contributed by atoms with Gasteiger partial charge in [0.2, 0.25) is 0 Å². The average Bonchev–Trinajstić information content (AvgIpc) is 4.27. The molecular weight excluding hydrogens is 1290 g/mol. The molecule has 17 nitrogen and oxygen atoms in total. The Morgan fingerprint density at radius 3 is 1.38 bits per heavy atom. The molecule has 10 rings (SSSR count). The lowest BCUT2D eigenvalue weighted by atomic mass is 9.99. The first-order chi connectivity index (χ1) is 37.3. The predicted molar refractivity (Wildman–Crippen MR) is 362 cm³/mol. The molecule has 0 spiro atoms. The number of hydrogen-bond donors (Lipinski definition) is 3. The van der Waals surface area contributed by atoms with Crippen LogP contribution in [-0.4, -0.2) is 74.0 Å². The Morgan fingerprint density at radius 1 is 0.575 bits per heavy atom. The number of aromatic nitrogens is 12. The number of methoxy groups -OCH3 is 2. The van der Waals surface area contributed by atoms with E-state index >= 15 is 0 Å². The van der Waals surface area contributed by atoms with Gasteiger partial charge in [-0.15, -0.1) is 0 Å². The van der Waals surface area contributed by atoms with Gasteiger partial charge in [0.25, 0.3) is 0 Å². The Bertz CT molecular complexity index is 4360. The summed E-state index contributed by atoms with van der Waals surface area (Å²) in [7, 11) is 25.3. The molecule has 2 aromatic carbocycles. The van der Waals surface area contributed by atoms with Crippen molar-refractivity contribution in [2.24, 2.45) is 14.1 Å². The number of rotatable bonds is 6. The topological polar surface area (TPSA) is 215 Å². The highest BCUT2D eigenvalue weighted by Crippen LogP contribution is 2.42. The Morgan fingerprint density at radius 2 is 1.00 bits per heavy atom. The molecule has 430 valence electrons. The number of fused-ring (bicyclic) bond motifs is 6. The lowest BCUT2D eigenvalue weighted by Crippen LogP contribution is -2.00. The molecule has 4 N–H and O–H groups in total. The molecule has 0 amide bonds. The van der Waals surface area contributed by atoms with Crippen molar-refractivity contribution in [1.29, 1.82) is 0 Å². The molecule has 0 bridgehead atoms. The number of H-pyrrole nitrogens is 2. The molecular formula is C49H60ClN13O4S13. The van der Waals surface area contributed by atoms with Crippen LogP contribution in [-0.2, 0) is 141 Å². The van der Waals surface area contributed by atoms with Crippen molar-refractivity contribution in [3.8, 4) is 33.8 Å². The maximum absolute atomic E-state index is 6.33. The van der Waals surface area contributed by atoms with Crippen LogP contribution >= 0.6 is 11.6 Å². The average molecular weight is 1350 g/mol. The summed E-state index contributed by atoms with van der Waals surface area (Å²) in [6.45, 7) is 19.4. The fraction of sp³-hybridized carbons (Fsp3) is 0.347. The monoisotopic (exact) mass is 1350 g/mol. The Kier molecular flexibility index (Phi) is 25.1. The Labute approximate surface area is 510 Å². The summed E-state index contributed by atoms with van der Waals surface area (Å²) >= 11 is 15.7. The maximum Gasteiger partial charge on any atom is 0.143 e. The van der Waals surface area contributed by atoms with E-state index in [1.807, 2.05) is 93.2 Å². The molecule has 0 fully saturated rings. The Balaban J connectivity index is 0.000000215. The fourth-order valence-electron chi connectivity index (χ4n) is 8.63. The van der Waals surface area contributed by atoms with Crippen LogP contribution < -0.4 is 15.2 Å².